The Bertz CT molecular complexity index is 667. The number of nitrogens with zero attached hydrogens (tertiary/aromatic N) is 2. The summed E-state index contributed by atoms with van der Waals surface area (Å²) < 4.78 is 0. The highest BCUT2D eigenvalue weighted by atomic mass is 16.3. The fraction of sp³-hybridized carbons (Fsp3) is 0.381. The Morgan fingerprint density at radius 1 is 1.08 bits per heavy atom. The Hall–Kier alpha value is -2.17. The Balaban J connectivity index is 1.50. The van der Waals surface area contributed by atoms with Crippen molar-refractivity contribution in [3.63, 3.8) is 0 Å². The van der Waals surface area contributed by atoms with Crippen molar-refractivity contribution in [3.8, 4) is 0 Å². The molecule has 1 atom stereocenters. The number of rotatable bonds is 5. The summed E-state index contributed by atoms with van der Waals surface area (Å²) >= 11 is 0. The number of piperidine rings is 1. The molecule has 3 rings (SSSR count). The molecule has 0 spiro atoms. The number of likely N-dealkylation sites (tertiary alicyclic amines) is 1. The molecule has 1 N–H and O–H groups in total. The van der Waals surface area contributed by atoms with E-state index in [0.29, 0.717) is 6.54 Å². The number of carbonyl (C=O) groups excluding carboxylic acids is 1. The summed E-state index contributed by atoms with van der Waals surface area (Å²) in [4.78, 5) is 16.4. The Kier molecular flexibility index (Phi) is 5.84. The van der Waals surface area contributed by atoms with Crippen LogP contribution in [0.3, 0.4) is 0 Å². The van der Waals surface area contributed by atoms with Gasteiger partial charge in [-0.3, -0.25) is 9.69 Å². The summed E-state index contributed by atoms with van der Waals surface area (Å²) in [5, 5.41) is 10.6. The molecule has 1 saturated heterocycles. The second-order valence-electron chi connectivity index (χ2n) is 6.76. The zero-order valence-electron chi connectivity index (χ0n) is 14.7. The van der Waals surface area contributed by atoms with Crippen LogP contribution in [-0.2, 0) is 4.79 Å². The van der Waals surface area contributed by atoms with Gasteiger partial charge in [0, 0.05) is 12.7 Å². The number of benzene rings is 2. The van der Waals surface area contributed by atoms with E-state index in [1.165, 1.54) is 0 Å². The largest absolute Gasteiger partial charge is 0.388 e. The van der Waals surface area contributed by atoms with Gasteiger partial charge in [0.05, 0.1) is 12.6 Å². The van der Waals surface area contributed by atoms with Crippen LogP contribution in [-0.4, -0.2) is 42.6 Å². The zero-order chi connectivity index (χ0) is 17.6. The first-order valence-corrected chi connectivity index (χ1v) is 8.92. The molecule has 132 valence electrons. The summed E-state index contributed by atoms with van der Waals surface area (Å²) in [6.45, 7) is 2.13. The molecule has 2 aromatic rings. The summed E-state index contributed by atoms with van der Waals surface area (Å²) in [6.07, 6.45) is 1.42. The molecular weight excluding hydrogens is 312 g/mol. The number of likely N-dealkylation sites (N-methyl/N-ethyl adjacent to an activating group) is 1. The predicted octanol–water partition coefficient (Wildman–Crippen LogP) is 3.10. The van der Waals surface area contributed by atoms with Crippen LogP contribution in [0.15, 0.2) is 60.7 Å². The van der Waals surface area contributed by atoms with Crippen LogP contribution >= 0.6 is 0 Å². The predicted molar refractivity (Wildman–Crippen MR) is 100 cm³/mol. The minimum absolute atomic E-state index is 0.105. The van der Waals surface area contributed by atoms with E-state index in [-0.39, 0.29) is 11.8 Å². The van der Waals surface area contributed by atoms with Crippen LogP contribution < -0.4 is 4.90 Å². The molecule has 0 saturated carbocycles. The average molecular weight is 338 g/mol. The van der Waals surface area contributed by atoms with Gasteiger partial charge in [0.1, 0.15) is 0 Å². The maximum absolute atomic E-state index is 12.5. The maximum atomic E-state index is 12.5. The van der Waals surface area contributed by atoms with Gasteiger partial charge in [-0.15, -0.1) is 0 Å². The number of aliphatic hydroxyl groups is 1. The van der Waals surface area contributed by atoms with E-state index in [1.54, 1.807) is 4.90 Å². The molecular formula is C21H26N2O2. The van der Waals surface area contributed by atoms with E-state index >= 15 is 0 Å². The van der Waals surface area contributed by atoms with E-state index in [4.69, 9.17) is 0 Å². The smallest absolute Gasteiger partial charge is 0.240 e. The van der Waals surface area contributed by atoms with E-state index in [1.807, 2.05) is 67.7 Å². The zero-order valence-corrected chi connectivity index (χ0v) is 14.7. The van der Waals surface area contributed by atoms with E-state index in [0.717, 1.165) is 37.2 Å². The Labute approximate surface area is 149 Å². The minimum atomic E-state index is -0.411. The van der Waals surface area contributed by atoms with Crippen molar-refractivity contribution in [2.24, 2.45) is 5.92 Å². The highest BCUT2D eigenvalue weighted by molar-refractivity contribution is 5.94. The Morgan fingerprint density at radius 3 is 2.24 bits per heavy atom. The molecule has 2 aromatic carbocycles. The Morgan fingerprint density at radius 2 is 1.64 bits per heavy atom. The molecule has 25 heavy (non-hydrogen) atoms. The lowest BCUT2D eigenvalue weighted by Gasteiger charge is -2.34. The van der Waals surface area contributed by atoms with Crippen molar-refractivity contribution < 1.29 is 9.90 Å². The number of carbonyl (C=O) groups is 1. The highest BCUT2D eigenvalue weighted by Gasteiger charge is 2.27. The molecule has 0 bridgehead atoms. The van der Waals surface area contributed by atoms with Gasteiger partial charge in [-0.25, -0.2) is 0 Å². The van der Waals surface area contributed by atoms with E-state index < -0.39 is 6.10 Å². The highest BCUT2D eigenvalue weighted by Crippen LogP contribution is 2.30. The van der Waals surface area contributed by atoms with Crippen molar-refractivity contribution in [3.05, 3.63) is 66.2 Å². The summed E-state index contributed by atoms with van der Waals surface area (Å²) in [6, 6.07) is 19.6. The van der Waals surface area contributed by atoms with Crippen LogP contribution in [0.25, 0.3) is 0 Å². The summed E-state index contributed by atoms with van der Waals surface area (Å²) in [5.74, 6) is 0.369. The molecule has 0 aliphatic carbocycles. The van der Waals surface area contributed by atoms with Crippen molar-refractivity contribution in [2.45, 2.75) is 18.9 Å². The summed E-state index contributed by atoms with van der Waals surface area (Å²) in [7, 11) is 1.82. The minimum Gasteiger partial charge on any atom is -0.388 e. The molecule has 1 aliphatic rings. The molecule has 1 unspecified atom stereocenters. The normalized spacial score (nSPS) is 17.2. The van der Waals surface area contributed by atoms with Crippen molar-refractivity contribution in [2.75, 3.05) is 31.6 Å². The van der Waals surface area contributed by atoms with Gasteiger partial charge in [0.2, 0.25) is 5.91 Å². The SMILES string of the molecule is CN(C(=O)CN1CCC(C(O)c2ccccc2)CC1)c1ccccc1. The third kappa shape index (κ3) is 4.47. The van der Waals surface area contributed by atoms with Crippen LogP contribution in [0.5, 0.6) is 0 Å². The van der Waals surface area contributed by atoms with Crippen LogP contribution in [0.1, 0.15) is 24.5 Å². The molecule has 0 radical (unpaired) electrons. The molecule has 1 aliphatic heterocycles. The fourth-order valence-electron chi connectivity index (χ4n) is 3.44. The van der Waals surface area contributed by atoms with Gasteiger partial charge >= 0.3 is 0 Å². The van der Waals surface area contributed by atoms with Crippen LogP contribution in [0.4, 0.5) is 5.69 Å². The second-order valence-corrected chi connectivity index (χ2v) is 6.76. The quantitative estimate of drug-likeness (QED) is 0.911. The molecule has 4 heteroatoms. The molecule has 0 aromatic heterocycles. The molecule has 4 nitrogen and oxygen atoms in total. The van der Waals surface area contributed by atoms with Gasteiger partial charge in [0.15, 0.2) is 0 Å². The third-order valence-corrected chi connectivity index (χ3v) is 5.10. The molecule has 1 amide bonds. The van der Waals surface area contributed by atoms with E-state index in [2.05, 4.69) is 4.90 Å². The standard InChI is InChI=1S/C21H26N2O2/c1-22(19-10-6-3-7-11-19)20(24)16-23-14-12-18(13-15-23)21(25)17-8-4-2-5-9-17/h2-11,18,21,25H,12-16H2,1H3. The first kappa shape index (κ1) is 17.6. The first-order chi connectivity index (χ1) is 12.1. The number of hydrogen-bond donors (Lipinski definition) is 1. The van der Waals surface area contributed by atoms with Gasteiger partial charge < -0.3 is 10.0 Å². The number of hydrogen-bond acceptors (Lipinski definition) is 3. The first-order valence-electron chi connectivity index (χ1n) is 8.92. The van der Waals surface area contributed by atoms with Crippen molar-refractivity contribution in [1.29, 1.82) is 0 Å². The van der Waals surface area contributed by atoms with E-state index in [9.17, 15) is 9.90 Å². The average Bonchev–Trinajstić information content (AvgIpc) is 2.68. The lowest BCUT2D eigenvalue weighted by molar-refractivity contribution is -0.119. The van der Waals surface area contributed by atoms with Gasteiger partial charge in [-0.2, -0.15) is 0 Å². The monoisotopic (exact) mass is 338 g/mol. The third-order valence-electron chi connectivity index (χ3n) is 5.10. The molecule has 1 heterocycles. The van der Waals surface area contributed by atoms with Crippen LogP contribution in [0, 0.1) is 5.92 Å². The molecule has 1 fully saturated rings. The topological polar surface area (TPSA) is 43.8 Å². The van der Waals surface area contributed by atoms with Crippen molar-refractivity contribution in [1.82, 2.24) is 4.90 Å². The number of anilines is 1. The lowest BCUT2D eigenvalue weighted by Crippen LogP contribution is -2.43. The lowest BCUT2D eigenvalue weighted by atomic mass is 9.87. The van der Waals surface area contributed by atoms with Gasteiger partial charge in [0.25, 0.3) is 0 Å². The maximum Gasteiger partial charge on any atom is 0.240 e. The van der Waals surface area contributed by atoms with Crippen LogP contribution in [0.2, 0.25) is 0 Å². The van der Waals surface area contributed by atoms with Gasteiger partial charge in [-0.1, -0.05) is 48.5 Å². The summed E-state index contributed by atoms with van der Waals surface area (Å²) in [5.41, 5.74) is 1.91. The number of amides is 1. The number of para-hydroxylation sites is 1. The van der Waals surface area contributed by atoms with Gasteiger partial charge in [-0.05, 0) is 49.5 Å². The second kappa shape index (κ2) is 8.28. The van der Waals surface area contributed by atoms with Crippen molar-refractivity contribution >= 4 is 11.6 Å². The fourth-order valence-corrected chi connectivity index (χ4v) is 3.44. The number of aliphatic hydroxyl groups excluding tert-OH is 1.